The molecule has 2 rings (SSSR count). The first-order chi connectivity index (χ1) is 10.6. The number of imidazole rings is 1. The van der Waals surface area contributed by atoms with Crippen LogP contribution in [0.5, 0.6) is 0 Å². The van der Waals surface area contributed by atoms with Crippen molar-refractivity contribution in [3.8, 4) is 0 Å². The lowest BCUT2D eigenvalue weighted by molar-refractivity contribution is -0.161. The number of carbonyl (C=O) groups excluding carboxylic acids is 1. The van der Waals surface area contributed by atoms with Gasteiger partial charge in [0.1, 0.15) is 6.42 Å². The number of alkyl halides is 3. The first-order valence-electron chi connectivity index (χ1n) is 6.92. The van der Waals surface area contributed by atoms with Gasteiger partial charge in [-0.15, -0.1) is 0 Å². The maximum absolute atomic E-state index is 12.4. The van der Waals surface area contributed by atoms with E-state index < -0.39 is 28.5 Å². The normalized spacial score (nSPS) is 18.0. The number of carbonyl (C=O) groups is 1. The molecule has 0 spiro atoms. The van der Waals surface area contributed by atoms with Gasteiger partial charge in [0.25, 0.3) is 10.0 Å². The lowest BCUT2D eigenvalue weighted by atomic mass is 10.3. The summed E-state index contributed by atoms with van der Waals surface area (Å²) in [4.78, 5) is 16.5. The Morgan fingerprint density at radius 3 is 2.52 bits per heavy atom. The van der Waals surface area contributed by atoms with Crippen LogP contribution in [0.2, 0.25) is 0 Å². The predicted molar refractivity (Wildman–Crippen MR) is 73.8 cm³/mol. The van der Waals surface area contributed by atoms with E-state index in [1.54, 1.807) is 7.05 Å². The van der Waals surface area contributed by atoms with Crippen LogP contribution in [0, 0.1) is 0 Å². The zero-order valence-corrected chi connectivity index (χ0v) is 13.3. The maximum atomic E-state index is 12.4. The third kappa shape index (κ3) is 4.44. The monoisotopic (exact) mass is 354 g/mol. The Balaban J connectivity index is 2.05. The van der Waals surface area contributed by atoms with E-state index in [0.717, 1.165) is 9.21 Å². The molecule has 1 amide bonds. The van der Waals surface area contributed by atoms with Crippen molar-refractivity contribution in [3.63, 3.8) is 0 Å². The van der Waals surface area contributed by atoms with Crippen LogP contribution in [0.15, 0.2) is 17.6 Å². The zero-order valence-electron chi connectivity index (χ0n) is 12.5. The van der Waals surface area contributed by atoms with Gasteiger partial charge in [0.15, 0.2) is 5.03 Å². The van der Waals surface area contributed by atoms with Crippen molar-refractivity contribution in [1.82, 2.24) is 18.8 Å². The minimum Gasteiger partial charge on any atom is -0.341 e. The van der Waals surface area contributed by atoms with Crippen LogP contribution in [0.1, 0.15) is 12.8 Å². The summed E-state index contributed by atoms with van der Waals surface area (Å²) in [7, 11) is -2.18. The molecule has 0 bridgehead atoms. The molecule has 0 saturated carbocycles. The van der Waals surface area contributed by atoms with Gasteiger partial charge in [-0.1, -0.05) is 0 Å². The summed E-state index contributed by atoms with van der Waals surface area (Å²) in [5.41, 5.74) is 0. The molecule has 2 heterocycles. The van der Waals surface area contributed by atoms with E-state index in [2.05, 4.69) is 4.98 Å². The Labute approximate surface area is 131 Å². The second-order valence-corrected chi connectivity index (χ2v) is 7.19. The average molecular weight is 354 g/mol. The Morgan fingerprint density at radius 1 is 1.26 bits per heavy atom. The molecule has 1 aromatic rings. The number of aryl methyl sites for hydroxylation is 1. The fourth-order valence-electron chi connectivity index (χ4n) is 2.32. The largest absolute Gasteiger partial charge is 0.397 e. The molecule has 1 aromatic heterocycles. The van der Waals surface area contributed by atoms with Crippen LogP contribution in [-0.2, 0) is 21.9 Å². The number of nitrogens with zero attached hydrogens (tertiary/aromatic N) is 4. The highest BCUT2D eigenvalue weighted by atomic mass is 32.2. The Bertz CT molecular complexity index is 671. The van der Waals surface area contributed by atoms with Gasteiger partial charge < -0.3 is 9.47 Å². The van der Waals surface area contributed by atoms with Crippen LogP contribution >= 0.6 is 0 Å². The summed E-state index contributed by atoms with van der Waals surface area (Å²) in [5.74, 6) is -1.03. The van der Waals surface area contributed by atoms with Crippen LogP contribution < -0.4 is 0 Å². The Morgan fingerprint density at radius 2 is 1.96 bits per heavy atom. The second kappa shape index (κ2) is 6.48. The van der Waals surface area contributed by atoms with Gasteiger partial charge >= 0.3 is 6.18 Å². The molecule has 0 atom stereocenters. The predicted octanol–water partition coefficient (Wildman–Crippen LogP) is 0.595. The van der Waals surface area contributed by atoms with Gasteiger partial charge in [-0.05, 0) is 6.42 Å². The van der Waals surface area contributed by atoms with E-state index in [9.17, 15) is 26.4 Å². The van der Waals surface area contributed by atoms with E-state index in [1.807, 2.05) is 0 Å². The number of hydrogen-bond acceptors (Lipinski definition) is 4. The quantitative estimate of drug-likeness (QED) is 0.796. The van der Waals surface area contributed by atoms with Crippen molar-refractivity contribution in [3.05, 3.63) is 12.5 Å². The number of amides is 1. The summed E-state index contributed by atoms with van der Waals surface area (Å²) >= 11 is 0. The first-order valence-corrected chi connectivity index (χ1v) is 8.36. The third-order valence-electron chi connectivity index (χ3n) is 3.44. The summed E-state index contributed by atoms with van der Waals surface area (Å²) in [6, 6.07) is 0. The molecule has 0 aromatic carbocycles. The third-order valence-corrected chi connectivity index (χ3v) is 5.23. The van der Waals surface area contributed by atoms with Gasteiger partial charge in [-0.25, -0.2) is 13.4 Å². The van der Waals surface area contributed by atoms with E-state index in [0.29, 0.717) is 0 Å². The van der Waals surface area contributed by atoms with Gasteiger partial charge in [0, 0.05) is 39.4 Å². The van der Waals surface area contributed by atoms with E-state index >= 15 is 0 Å². The summed E-state index contributed by atoms with van der Waals surface area (Å²) in [5, 5.41) is -0.116. The van der Waals surface area contributed by atoms with E-state index in [-0.39, 0.29) is 37.6 Å². The van der Waals surface area contributed by atoms with Crippen molar-refractivity contribution in [2.24, 2.45) is 7.05 Å². The molecular weight excluding hydrogens is 337 g/mol. The van der Waals surface area contributed by atoms with Gasteiger partial charge in [0.2, 0.25) is 5.91 Å². The highest BCUT2D eigenvalue weighted by Crippen LogP contribution is 2.22. The van der Waals surface area contributed by atoms with Gasteiger partial charge in [-0.3, -0.25) is 4.79 Å². The maximum Gasteiger partial charge on any atom is 0.397 e. The van der Waals surface area contributed by atoms with Crippen LogP contribution in [0.4, 0.5) is 13.2 Å². The Kier molecular flexibility index (Phi) is 4.99. The minimum atomic E-state index is -4.57. The molecule has 0 aliphatic carbocycles. The second-order valence-electron chi connectivity index (χ2n) is 5.31. The van der Waals surface area contributed by atoms with E-state index in [1.165, 1.54) is 17.1 Å². The van der Waals surface area contributed by atoms with Crippen molar-refractivity contribution >= 4 is 15.9 Å². The first kappa shape index (κ1) is 17.7. The van der Waals surface area contributed by atoms with Gasteiger partial charge in [-0.2, -0.15) is 17.5 Å². The molecule has 23 heavy (non-hydrogen) atoms. The zero-order chi connectivity index (χ0) is 17.3. The van der Waals surface area contributed by atoms with Crippen LogP contribution in [-0.4, -0.2) is 65.4 Å². The van der Waals surface area contributed by atoms with E-state index in [4.69, 9.17) is 0 Å². The minimum absolute atomic E-state index is 0.0531. The summed E-state index contributed by atoms with van der Waals surface area (Å²) in [6.07, 6.45) is -3.12. The standard InChI is InChI=1S/C12H17F3N4O3S/c1-17-8-10(16-9-17)23(21,22)19-4-2-3-18(5-6-19)11(20)7-12(13,14)15/h8-9H,2-7H2,1H3. The highest BCUT2D eigenvalue weighted by Gasteiger charge is 2.35. The molecule has 11 heteroatoms. The van der Waals surface area contributed by atoms with Crippen molar-refractivity contribution < 1.29 is 26.4 Å². The molecule has 1 saturated heterocycles. The lowest BCUT2D eigenvalue weighted by Gasteiger charge is -2.22. The number of sulfonamides is 1. The molecule has 7 nitrogen and oxygen atoms in total. The smallest absolute Gasteiger partial charge is 0.341 e. The SMILES string of the molecule is Cn1cnc(S(=O)(=O)N2CCCN(C(=O)CC(F)(F)F)CC2)c1. The average Bonchev–Trinajstić information content (AvgIpc) is 2.72. The molecule has 1 aliphatic heterocycles. The van der Waals surface area contributed by atoms with Crippen LogP contribution in [0.25, 0.3) is 0 Å². The number of aromatic nitrogens is 2. The number of halogens is 3. The molecular formula is C12H17F3N4O3S. The lowest BCUT2D eigenvalue weighted by Crippen LogP contribution is -2.38. The molecule has 130 valence electrons. The molecule has 0 unspecified atom stereocenters. The number of hydrogen-bond donors (Lipinski definition) is 0. The fourth-order valence-corrected chi connectivity index (χ4v) is 3.76. The topological polar surface area (TPSA) is 75.5 Å². The molecule has 0 N–H and O–H groups in total. The summed E-state index contributed by atoms with van der Waals surface area (Å²) in [6.45, 7) is 0.112. The molecule has 1 aliphatic rings. The molecule has 0 radical (unpaired) electrons. The van der Waals surface area contributed by atoms with Gasteiger partial charge in [0.05, 0.1) is 6.33 Å². The summed E-state index contributed by atoms with van der Waals surface area (Å²) < 4.78 is 64.4. The highest BCUT2D eigenvalue weighted by molar-refractivity contribution is 7.89. The van der Waals surface area contributed by atoms with Crippen molar-refractivity contribution in [2.45, 2.75) is 24.0 Å². The number of rotatable bonds is 3. The Hall–Kier alpha value is -1.62. The van der Waals surface area contributed by atoms with Crippen molar-refractivity contribution in [1.29, 1.82) is 0 Å². The molecule has 1 fully saturated rings. The van der Waals surface area contributed by atoms with Crippen LogP contribution in [0.3, 0.4) is 0 Å². The van der Waals surface area contributed by atoms with Crippen molar-refractivity contribution in [2.75, 3.05) is 26.2 Å². The fraction of sp³-hybridized carbons (Fsp3) is 0.667.